The predicted octanol–water partition coefficient (Wildman–Crippen LogP) is 3.59. The Kier molecular flexibility index (Phi) is 2.97. The number of nitroso groups, excluding NO2 is 1. The molecular formula is C6HBr2F2NO2. The molecule has 0 heterocycles. The molecule has 1 aromatic carbocycles. The smallest absolute Gasteiger partial charge is 0.178 e. The fourth-order valence-electron chi connectivity index (χ4n) is 0.692. The van der Waals surface area contributed by atoms with Crippen molar-refractivity contribution in [2.45, 2.75) is 0 Å². The first-order chi connectivity index (χ1) is 6.00. The molecule has 7 heteroatoms. The van der Waals surface area contributed by atoms with E-state index in [4.69, 9.17) is 5.11 Å². The third-order valence-corrected chi connectivity index (χ3v) is 2.76. The third-order valence-electron chi connectivity index (χ3n) is 1.31. The Labute approximate surface area is 88.0 Å². The number of rotatable bonds is 1. The molecule has 0 fully saturated rings. The zero-order chi connectivity index (χ0) is 10.2. The lowest BCUT2D eigenvalue weighted by Crippen LogP contribution is -1.89. The van der Waals surface area contributed by atoms with Gasteiger partial charge < -0.3 is 5.11 Å². The average molecular weight is 317 g/mol. The second-order valence-corrected chi connectivity index (χ2v) is 3.63. The van der Waals surface area contributed by atoms with Crippen LogP contribution in [0.4, 0.5) is 14.5 Å². The van der Waals surface area contributed by atoms with E-state index in [1.54, 1.807) is 0 Å². The molecule has 0 unspecified atom stereocenters. The monoisotopic (exact) mass is 315 g/mol. The van der Waals surface area contributed by atoms with Crippen LogP contribution in [0.25, 0.3) is 0 Å². The van der Waals surface area contributed by atoms with Gasteiger partial charge in [0.2, 0.25) is 0 Å². The first-order valence-electron chi connectivity index (χ1n) is 2.89. The molecule has 0 saturated carbocycles. The molecule has 1 rings (SSSR count). The van der Waals surface area contributed by atoms with Gasteiger partial charge in [0.25, 0.3) is 0 Å². The quantitative estimate of drug-likeness (QED) is 0.489. The topological polar surface area (TPSA) is 49.7 Å². The van der Waals surface area contributed by atoms with E-state index >= 15 is 0 Å². The molecule has 70 valence electrons. The van der Waals surface area contributed by atoms with E-state index in [9.17, 15) is 13.7 Å². The van der Waals surface area contributed by atoms with Gasteiger partial charge in [-0.05, 0) is 37.0 Å². The van der Waals surface area contributed by atoms with E-state index in [1.165, 1.54) is 0 Å². The van der Waals surface area contributed by atoms with Gasteiger partial charge in [-0.15, -0.1) is 4.91 Å². The van der Waals surface area contributed by atoms with Gasteiger partial charge in [-0.2, -0.15) is 0 Å². The zero-order valence-electron chi connectivity index (χ0n) is 5.81. The molecule has 0 atom stereocenters. The molecule has 0 aliphatic heterocycles. The van der Waals surface area contributed by atoms with Gasteiger partial charge in [0.1, 0.15) is 4.47 Å². The minimum Gasteiger partial charge on any atom is -0.504 e. The number of hydrogen-bond donors (Lipinski definition) is 1. The number of phenolic OH excluding ortho intramolecular Hbond substituents is 1. The summed E-state index contributed by atoms with van der Waals surface area (Å²) >= 11 is 5.16. The molecule has 0 spiro atoms. The minimum atomic E-state index is -1.28. The van der Waals surface area contributed by atoms with Crippen LogP contribution in [0.15, 0.2) is 14.1 Å². The molecule has 0 radical (unpaired) electrons. The molecule has 3 nitrogen and oxygen atoms in total. The number of nitrogens with zero attached hydrogens (tertiary/aromatic N) is 1. The van der Waals surface area contributed by atoms with E-state index in [-0.39, 0.29) is 0 Å². The van der Waals surface area contributed by atoms with Gasteiger partial charge in [-0.1, -0.05) is 0 Å². The van der Waals surface area contributed by atoms with Crippen molar-refractivity contribution in [3.8, 4) is 5.75 Å². The summed E-state index contributed by atoms with van der Waals surface area (Å²) < 4.78 is 24.6. The molecular weight excluding hydrogens is 316 g/mol. The minimum absolute atomic E-state index is 0.499. The maximum absolute atomic E-state index is 12.9. The van der Waals surface area contributed by atoms with Crippen molar-refractivity contribution in [3.05, 3.63) is 25.5 Å². The van der Waals surface area contributed by atoms with Crippen LogP contribution in [0.5, 0.6) is 5.75 Å². The van der Waals surface area contributed by atoms with Crippen molar-refractivity contribution in [2.24, 2.45) is 5.18 Å². The van der Waals surface area contributed by atoms with Gasteiger partial charge in [-0.3, -0.25) is 0 Å². The molecule has 13 heavy (non-hydrogen) atoms. The Bertz CT molecular complexity index is 354. The summed E-state index contributed by atoms with van der Waals surface area (Å²) in [5.74, 6) is -3.29. The highest BCUT2D eigenvalue weighted by Crippen LogP contribution is 2.43. The van der Waals surface area contributed by atoms with Gasteiger partial charge in [0.15, 0.2) is 23.1 Å². The largest absolute Gasteiger partial charge is 0.504 e. The van der Waals surface area contributed by atoms with Crippen LogP contribution >= 0.6 is 31.9 Å². The van der Waals surface area contributed by atoms with E-state index in [2.05, 4.69) is 37.0 Å². The Morgan fingerprint density at radius 2 is 1.62 bits per heavy atom. The van der Waals surface area contributed by atoms with Crippen molar-refractivity contribution in [1.82, 2.24) is 0 Å². The highest BCUT2D eigenvalue weighted by molar-refractivity contribution is 9.11. The van der Waals surface area contributed by atoms with Gasteiger partial charge >= 0.3 is 0 Å². The normalized spacial score (nSPS) is 10.2. The van der Waals surface area contributed by atoms with Crippen LogP contribution in [0.3, 0.4) is 0 Å². The Morgan fingerprint density at radius 1 is 1.15 bits per heavy atom. The fraction of sp³-hybridized carbons (Fsp3) is 0. The molecule has 0 aliphatic carbocycles. The predicted molar refractivity (Wildman–Crippen MR) is 48.9 cm³/mol. The number of aromatic hydroxyl groups is 1. The van der Waals surface area contributed by atoms with Crippen molar-refractivity contribution in [2.75, 3.05) is 0 Å². The molecule has 1 aromatic rings. The highest BCUT2D eigenvalue weighted by atomic mass is 79.9. The van der Waals surface area contributed by atoms with Crippen molar-refractivity contribution >= 4 is 37.5 Å². The number of benzene rings is 1. The summed E-state index contributed by atoms with van der Waals surface area (Å²) in [5, 5.41) is 11.5. The molecule has 0 bridgehead atoms. The fourth-order valence-corrected chi connectivity index (χ4v) is 1.49. The summed E-state index contributed by atoms with van der Waals surface area (Å²) in [6.45, 7) is 0. The van der Waals surface area contributed by atoms with Gasteiger partial charge in [-0.25, -0.2) is 8.78 Å². The van der Waals surface area contributed by atoms with Crippen LogP contribution in [0.2, 0.25) is 0 Å². The first-order valence-corrected chi connectivity index (χ1v) is 4.47. The number of halogens is 4. The van der Waals surface area contributed by atoms with Crippen LogP contribution in [0, 0.1) is 16.5 Å². The van der Waals surface area contributed by atoms with Gasteiger partial charge in [0.05, 0.1) is 4.47 Å². The van der Waals surface area contributed by atoms with Crippen molar-refractivity contribution in [1.29, 1.82) is 0 Å². The van der Waals surface area contributed by atoms with Crippen LogP contribution in [-0.2, 0) is 0 Å². The Balaban J connectivity index is 3.66. The van der Waals surface area contributed by atoms with Crippen LogP contribution in [0.1, 0.15) is 0 Å². The summed E-state index contributed by atoms with van der Waals surface area (Å²) in [4.78, 5) is 10.1. The highest BCUT2D eigenvalue weighted by Gasteiger charge is 2.22. The SMILES string of the molecule is O=Nc1c(O)c(Br)c(F)c(F)c1Br. The lowest BCUT2D eigenvalue weighted by atomic mass is 10.3. The van der Waals surface area contributed by atoms with E-state index in [0.29, 0.717) is 0 Å². The summed E-state index contributed by atoms with van der Waals surface area (Å²) in [6, 6.07) is 0. The summed E-state index contributed by atoms with van der Waals surface area (Å²) in [6.07, 6.45) is 0. The van der Waals surface area contributed by atoms with E-state index in [1.807, 2.05) is 0 Å². The average Bonchev–Trinajstić information content (AvgIpc) is 2.13. The van der Waals surface area contributed by atoms with E-state index < -0.39 is 32.0 Å². The molecule has 0 aliphatic rings. The maximum atomic E-state index is 12.9. The van der Waals surface area contributed by atoms with Crippen LogP contribution in [-0.4, -0.2) is 5.11 Å². The van der Waals surface area contributed by atoms with Gasteiger partial charge in [0, 0.05) is 0 Å². The lowest BCUT2D eigenvalue weighted by molar-refractivity contribution is 0.447. The standard InChI is InChI=1S/C6HBr2F2NO2/c7-1-3(9)4(10)2(8)6(12)5(1)11-13/h12H. The summed E-state index contributed by atoms with van der Waals surface area (Å²) in [5.41, 5.74) is -0.578. The second kappa shape index (κ2) is 3.67. The van der Waals surface area contributed by atoms with Crippen molar-refractivity contribution in [3.63, 3.8) is 0 Å². The third kappa shape index (κ3) is 1.58. The lowest BCUT2D eigenvalue weighted by Gasteiger charge is -2.04. The molecule has 0 amide bonds. The molecule has 0 saturated heterocycles. The van der Waals surface area contributed by atoms with Crippen molar-refractivity contribution < 1.29 is 13.9 Å². The van der Waals surface area contributed by atoms with E-state index in [0.717, 1.165) is 0 Å². The first kappa shape index (κ1) is 10.5. The molecule has 0 aromatic heterocycles. The number of phenols is 1. The zero-order valence-corrected chi connectivity index (χ0v) is 8.99. The van der Waals surface area contributed by atoms with Crippen LogP contribution < -0.4 is 0 Å². The number of hydrogen-bond acceptors (Lipinski definition) is 3. The summed E-state index contributed by atoms with van der Waals surface area (Å²) in [7, 11) is 0. The second-order valence-electron chi connectivity index (χ2n) is 2.04. The Hall–Kier alpha value is -0.560. The molecule has 1 N–H and O–H groups in total. The maximum Gasteiger partial charge on any atom is 0.178 e. The Morgan fingerprint density at radius 3 is 2.08 bits per heavy atom.